The molecular weight excluding hydrogens is 394 g/mol. The Bertz CT molecular complexity index is 986. The lowest BCUT2D eigenvalue weighted by atomic mass is 9.87. The Morgan fingerprint density at radius 1 is 0.655 bits per heavy atom. The molecule has 152 valence electrons. The summed E-state index contributed by atoms with van der Waals surface area (Å²) in [6.07, 6.45) is -6.82. The van der Waals surface area contributed by atoms with Crippen molar-refractivity contribution >= 4 is 0 Å². The largest absolute Gasteiger partial charge is 0.417 e. The lowest BCUT2D eigenvalue weighted by Gasteiger charge is -2.21. The number of rotatable bonds is 2. The molecule has 0 saturated carbocycles. The summed E-state index contributed by atoms with van der Waals surface area (Å²) in [5.41, 5.74) is -2.91. The van der Waals surface area contributed by atoms with Crippen molar-refractivity contribution in [1.29, 1.82) is 0 Å². The molecule has 0 bridgehead atoms. The highest BCUT2D eigenvalue weighted by Gasteiger charge is 2.44. The van der Waals surface area contributed by atoms with E-state index in [1.165, 1.54) is 28.2 Å². The monoisotopic (exact) mass is 412 g/mol. The van der Waals surface area contributed by atoms with Crippen LogP contribution < -0.4 is 9.13 Å². The van der Waals surface area contributed by atoms with Crippen LogP contribution >= 0.6 is 0 Å². The zero-order chi connectivity index (χ0) is 21.6. The molecule has 0 aliphatic carbocycles. The molecule has 2 nitrogen and oxygen atoms in total. The third kappa shape index (κ3) is 3.83. The molecule has 0 saturated heterocycles. The van der Waals surface area contributed by atoms with Crippen LogP contribution in [0.2, 0.25) is 0 Å². The molecule has 0 radical (unpaired) electrons. The van der Waals surface area contributed by atoms with Gasteiger partial charge in [-0.1, -0.05) is 0 Å². The molecule has 1 aromatic carbocycles. The number of benzene rings is 1. The van der Waals surface area contributed by atoms with Crippen molar-refractivity contribution in [3.05, 3.63) is 71.5 Å². The van der Waals surface area contributed by atoms with Gasteiger partial charge < -0.3 is 0 Å². The summed E-state index contributed by atoms with van der Waals surface area (Å²) < 4.78 is 86.0. The number of aryl methyl sites for hydroxylation is 2. The van der Waals surface area contributed by atoms with Gasteiger partial charge in [0.2, 0.25) is 11.4 Å². The van der Waals surface area contributed by atoms with Gasteiger partial charge in [-0.25, -0.2) is 9.13 Å². The van der Waals surface area contributed by atoms with E-state index >= 15 is 0 Å². The minimum atomic E-state index is -4.96. The molecule has 0 aliphatic heterocycles. The van der Waals surface area contributed by atoms with Crippen LogP contribution in [0.3, 0.4) is 0 Å². The SMILES string of the molecule is Cc1c(-c2cccc[n+]2C)c(C(F)(F)F)cc(C(F)(F)F)c1-c1cccc[n+]1C. The smallest absolute Gasteiger partial charge is 0.201 e. The molecule has 0 N–H and O–H groups in total. The van der Waals surface area contributed by atoms with E-state index < -0.39 is 23.5 Å². The Morgan fingerprint density at radius 2 is 1.03 bits per heavy atom. The molecule has 3 rings (SSSR count). The number of alkyl halides is 6. The molecule has 2 aromatic heterocycles. The summed E-state index contributed by atoms with van der Waals surface area (Å²) >= 11 is 0. The van der Waals surface area contributed by atoms with Crippen LogP contribution in [0, 0.1) is 6.92 Å². The third-order valence-corrected chi connectivity index (χ3v) is 4.81. The van der Waals surface area contributed by atoms with E-state index in [0.717, 1.165) is 0 Å². The Labute approximate surface area is 163 Å². The lowest BCUT2D eigenvalue weighted by molar-refractivity contribution is -0.660. The van der Waals surface area contributed by atoms with Gasteiger partial charge in [-0.3, -0.25) is 0 Å². The summed E-state index contributed by atoms with van der Waals surface area (Å²) in [6, 6.07) is 9.50. The fourth-order valence-electron chi connectivity index (χ4n) is 3.49. The second-order valence-electron chi connectivity index (χ2n) is 6.74. The molecule has 0 fully saturated rings. The molecule has 0 spiro atoms. The molecule has 0 aliphatic rings. The Hall–Kier alpha value is -2.90. The Kier molecular flexibility index (Phi) is 5.15. The highest BCUT2D eigenvalue weighted by atomic mass is 19.4. The van der Waals surface area contributed by atoms with Gasteiger partial charge >= 0.3 is 12.4 Å². The molecule has 0 unspecified atom stereocenters. The predicted octanol–water partition coefficient (Wildman–Crippen LogP) is 5.02. The summed E-state index contributed by atoms with van der Waals surface area (Å²) in [7, 11) is 3.10. The lowest BCUT2D eigenvalue weighted by Crippen LogP contribution is -2.33. The van der Waals surface area contributed by atoms with Crippen LogP contribution in [0.4, 0.5) is 26.3 Å². The van der Waals surface area contributed by atoms with E-state index in [-0.39, 0.29) is 34.1 Å². The first-order chi connectivity index (χ1) is 13.4. The van der Waals surface area contributed by atoms with Gasteiger partial charge in [0.25, 0.3) is 0 Å². The van der Waals surface area contributed by atoms with Gasteiger partial charge in [-0.05, 0) is 30.7 Å². The van der Waals surface area contributed by atoms with Gasteiger partial charge in [0, 0.05) is 24.3 Å². The quantitative estimate of drug-likeness (QED) is 0.413. The van der Waals surface area contributed by atoms with Crippen molar-refractivity contribution in [2.24, 2.45) is 14.1 Å². The summed E-state index contributed by atoms with van der Waals surface area (Å²) in [5, 5.41) is 0. The van der Waals surface area contributed by atoms with E-state index in [4.69, 9.17) is 0 Å². The minimum absolute atomic E-state index is 0.0873. The average molecular weight is 412 g/mol. The van der Waals surface area contributed by atoms with Crippen LogP contribution in [0.1, 0.15) is 16.7 Å². The molecule has 29 heavy (non-hydrogen) atoms. The number of nitrogens with zero attached hydrogens (tertiary/aromatic N) is 2. The van der Waals surface area contributed by atoms with E-state index in [9.17, 15) is 26.3 Å². The number of aromatic nitrogens is 2. The predicted molar refractivity (Wildman–Crippen MR) is 94.4 cm³/mol. The van der Waals surface area contributed by atoms with Crippen LogP contribution in [0.15, 0.2) is 54.9 Å². The van der Waals surface area contributed by atoms with Gasteiger partial charge in [0.15, 0.2) is 12.4 Å². The van der Waals surface area contributed by atoms with Crippen molar-refractivity contribution in [1.82, 2.24) is 0 Å². The summed E-state index contributed by atoms with van der Waals surface area (Å²) in [4.78, 5) is 0. The van der Waals surface area contributed by atoms with Crippen LogP contribution in [0.25, 0.3) is 22.5 Å². The second kappa shape index (κ2) is 7.17. The first kappa shape index (κ1) is 20.8. The van der Waals surface area contributed by atoms with E-state index in [1.54, 1.807) is 50.8 Å². The van der Waals surface area contributed by atoms with Crippen LogP contribution in [-0.4, -0.2) is 0 Å². The standard InChI is InChI=1S/C21H18F6N2/c1-13-18(16-8-4-6-10-28(16)2)14(20(22,23)24)12-15(21(25,26)27)19(13)17-9-5-7-11-29(17)3/h4-12H,1-3H3/q+2. The fourth-order valence-corrected chi connectivity index (χ4v) is 3.49. The van der Waals surface area contributed by atoms with Crippen molar-refractivity contribution in [3.8, 4) is 22.5 Å². The summed E-state index contributed by atoms with van der Waals surface area (Å²) in [6.45, 7) is 1.30. The number of hydrogen-bond donors (Lipinski definition) is 0. The first-order valence-corrected chi connectivity index (χ1v) is 8.65. The van der Waals surface area contributed by atoms with E-state index in [1.807, 2.05) is 0 Å². The van der Waals surface area contributed by atoms with E-state index in [2.05, 4.69) is 0 Å². The van der Waals surface area contributed by atoms with Crippen LogP contribution in [-0.2, 0) is 26.4 Å². The fraction of sp³-hybridized carbons (Fsp3) is 0.238. The first-order valence-electron chi connectivity index (χ1n) is 8.65. The highest BCUT2D eigenvalue weighted by Crippen LogP contribution is 2.46. The van der Waals surface area contributed by atoms with Gasteiger partial charge in [-0.2, -0.15) is 26.3 Å². The molecule has 3 aromatic rings. The molecule has 8 heteroatoms. The van der Waals surface area contributed by atoms with Crippen molar-refractivity contribution in [2.45, 2.75) is 19.3 Å². The van der Waals surface area contributed by atoms with Crippen molar-refractivity contribution in [2.75, 3.05) is 0 Å². The molecule has 0 atom stereocenters. The Balaban J connectivity index is 2.54. The third-order valence-electron chi connectivity index (χ3n) is 4.81. The number of halogens is 6. The zero-order valence-electron chi connectivity index (χ0n) is 15.9. The molecule has 0 amide bonds. The second-order valence-corrected chi connectivity index (χ2v) is 6.74. The van der Waals surface area contributed by atoms with Gasteiger partial charge in [-0.15, -0.1) is 0 Å². The van der Waals surface area contributed by atoms with Crippen molar-refractivity contribution in [3.63, 3.8) is 0 Å². The topological polar surface area (TPSA) is 7.76 Å². The zero-order valence-corrected chi connectivity index (χ0v) is 15.9. The van der Waals surface area contributed by atoms with Crippen molar-refractivity contribution < 1.29 is 35.5 Å². The number of hydrogen-bond acceptors (Lipinski definition) is 0. The molecular formula is C21H18F6N2+2. The van der Waals surface area contributed by atoms with Crippen LogP contribution in [0.5, 0.6) is 0 Å². The normalized spacial score (nSPS) is 12.3. The highest BCUT2D eigenvalue weighted by molar-refractivity contribution is 5.79. The van der Waals surface area contributed by atoms with Gasteiger partial charge in [0.05, 0.1) is 22.3 Å². The maximum atomic E-state index is 13.8. The minimum Gasteiger partial charge on any atom is -0.201 e. The average Bonchev–Trinajstić information content (AvgIpc) is 2.61. The maximum absolute atomic E-state index is 13.8. The summed E-state index contributed by atoms with van der Waals surface area (Å²) in [5.74, 6) is 0. The van der Waals surface area contributed by atoms with Gasteiger partial charge in [0.1, 0.15) is 14.1 Å². The molecule has 2 heterocycles. The maximum Gasteiger partial charge on any atom is 0.417 e. The van der Waals surface area contributed by atoms with E-state index in [0.29, 0.717) is 0 Å². The Morgan fingerprint density at radius 3 is 1.34 bits per heavy atom. The number of pyridine rings is 2.